The first-order valence-electron chi connectivity index (χ1n) is 5.11. The van der Waals surface area contributed by atoms with Crippen LogP contribution in [0.4, 0.5) is 5.69 Å². The number of furan rings is 1. The fourth-order valence-electron chi connectivity index (χ4n) is 1.43. The number of hydrogen-bond acceptors (Lipinski definition) is 4. The van der Waals surface area contributed by atoms with Crippen LogP contribution in [0.2, 0.25) is 0 Å². The largest absolute Gasteiger partial charge is 0.478 e. The molecule has 0 aliphatic rings. The van der Waals surface area contributed by atoms with Gasteiger partial charge in [0, 0.05) is 12.4 Å². The summed E-state index contributed by atoms with van der Waals surface area (Å²) < 4.78 is 5.11. The topological polar surface area (TPSA) is 75.4 Å². The van der Waals surface area contributed by atoms with Crippen LogP contribution in [0.15, 0.2) is 35.2 Å². The summed E-state index contributed by atoms with van der Waals surface area (Å²) in [5.74, 6) is -0.416. The molecule has 2 N–H and O–H groups in total. The summed E-state index contributed by atoms with van der Waals surface area (Å²) in [6.07, 6.45) is 4.70. The van der Waals surface area contributed by atoms with Gasteiger partial charge in [-0.1, -0.05) is 0 Å². The molecule has 2 rings (SSSR count). The lowest BCUT2D eigenvalue weighted by atomic mass is 10.3. The molecule has 0 saturated carbocycles. The lowest BCUT2D eigenvalue weighted by Crippen LogP contribution is -1.99. The van der Waals surface area contributed by atoms with Gasteiger partial charge in [-0.15, -0.1) is 0 Å². The summed E-state index contributed by atoms with van der Waals surface area (Å²) in [5.41, 5.74) is 2.09. The van der Waals surface area contributed by atoms with Crippen molar-refractivity contribution in [3.05, 3.63) is 47.7 Å². The fourth-order valence-corrected chi connectivity index (χ4v) is 1.43. The van der Waals surface area contributed by atoms with E-state index >= 15 is 0 Å². The Morgan fingerprint density at radius 3 is 2.94 bits per heavy atom. The number of carbonyl (C=O) groups is 1. The van der Waals surface area contributed by atoms with E-state index in [4.69, 9.17) is 9.52 Å². The van der Waals surface area contributed by atoms with Crippen LogP contribution in [0.5, 0.6) is 0 Å². The molecule has 0 aromatic carbocycles. The third kappa shape index (κ3) is 2.84. The summed E-state index contributed by atoms with van der Waals surface area (Å²) in [7, 11) is 0. The molecule has 5 nitrogen and oxygen atoms in total. The first kappa shape index (κ1) is 11.2. The van der Waals surface area contributed by atoms with Gasteiger partial charge in [0.25, 0.3) is 0 Å². The number of hydrogen-bond donors (Lipinski definition) is 2. The first-order chi connectivity index (χ1) is 8.15. The van der Waals surface area contributed by atoms with Gasteiger partial charge in [0.05, 0.1) is 17.8 Å². The van der Waals surface area contributed by atoms with Crippen molar-refractivity contribution < 1.29 is 14.3 Å². The smallest absolute Gasteiger partial charge is 0.338 e. The number of pyridine rings is 1. The van der Waals surface area contributed by atoms with Crippen LogP contribution in [0.1, 0.15) is 21.7 Å². The van der Waals surface area contributed by atoms with Gasteiger partial charge in [-0.05, 0) is 24.6 Å². The molecule has 0 aliphatic heterocycles. The van der Waals surface area contributed by atoms with Crippen molar-refractivity contribution in [2.75, 3.05) is 5.32 Å². The Labute approximate surface area is 98.1 Å². The van der Waals surface area contributed by atoms with Crippen molar-refractivity contribution in [3.8, 4) is 0 Å². The molecular weight excluding hydrogens is 220 g/mol. The summed E-state index contributed by atoms with van der Waals surface area (Å²) in [6, 6.07) is 3.45. The number of nitrogens with zero attached hydrogens (tertiary/aromatic N) is 1. The average molecular weight is 232 g/mol. The molecule has 0 saturated heterocycles. The number of carboxylic acid groups (broad SMARTS) is 1. The van der Waals surface area contributed by atoms with Crippen molar-refractivity contribution >= 4 is 11.7 Å². The SMILES string of the molecule is Cc1cncc(NCc2cc(C(=O)O)co2)c1. The molecule has 2 aromatic rings. The van der Waals surface area contributed by atoms with Crippen LogP contribution < -0.4 is 5.32 Å². The molecule has 0 atom stereocenters. The Balaban J connectivity index is 2.00. The molecule has 0 aliphatic carbocycles. The zero-order valence-electron chi connectivity index (χ0n) is 9.30. The highest BCUT2D eigenvalue weighted by atomic mass is 16.4. The van der Waals surface area contributed by atoms with Crippen LogP contribution in [-0.2, 0) is 6.54 Å². The second kappa shape index (κ2) is 4.69. The van der Waals surface area contributed by atoms with E-state index in [1.807, 2.05) is 13.0 Å². The molecule has 17 heavy (non-hydrogen) atoms. The van der Waals surface area contributed by atoms with Crippen LogP contribution in [0.3, 0.4) is 0 Å². The van der Waals surface area contributed by atoms with Gasteiger partial charge < -0.3 is 14.8 Å². The van der Waals surface area contributed by atoms with E-state index in [9.17, 15) is 4.79 Å². The summed E-state index contributed by atoms with van der Waals surface area (Å²) in [4.78, 5) is 14.7. The third-order valence-corrected chi connectivity index (χ3v) is 2.24. The fraction of sp³-hybridized carbons (Fsp3) is 0.167. The zero-order chi connectivity index (χ0) is 12.3. The molecule has 0 bridgehead atoms. The lowest BCUT2D eigenvalue weighted by molar-refractivity contribution is 0.0696. The Hall–Kier alpha value is -2.30. The summed E-state index contributed by atoms with van der Waals surface area (Å²) in [6.45, 7) is 2.38. The number of rotatable bonds is 4. The van der Waals surface area contributed by atoms with Crippen molar-refractivity contribution in [2.24, 2.45) is 0 Å². The van der Waals surface area contributed by atoms with Crippen molar-refractivity contribution in [3.63, 3.8) is 0 Å². The summed E-state index contributed by atoms with van der Waals surface area (Å²) in [5, 5.41) is 11.8. The zero-order valence-corrected chi connectivity index (χ0v) is 9.30. The van der Waals surface area contributed by atoms with Crippen molar-refractivity contribution in [2.45, 2.75) is 13.5 Å². The highest BCUT2D eigenvalue weighted by Gasteiger charge is 2.07. The minimum Gasteiger partial charge on any atom is -0.478 e. The van der Waals surface area contributed by atoms with Crippen molar-refractivity contribution in [1.82, 2.24) is 4.98 Å². The quantitative estimate of drug-likeness (QED) is 0.845. The van der Waals surface area contributed by atoms with E-state index in [1.165, 1.54) is 12.3 Å². The number of nitrogens with one attached hydrogen (secondary N) is 1. The lowest BCUT2D eigenvalue weighted by Gasteiger charge is -2.03. The van der Waals surface area contributed by atoms with Crippen LogP contribution in [-0.4, -0.2) is 16.1 Å². The molecule has 5 heteroatoms. The number of anilines is 1. The van der Waals surface area contributed by atoms with Gasteiger partial charge >= 0.3 is 5.97 Å². The molecule has 0 radical (unpaired) electrons. The maximum Gasteiger partial charge on any atom is 0.338 e. The van der Waals surface area contributed by atoms with E-state index in [0.29, 0.717) is 12.3 Å². The van der Waals surface area contributed by atoms with Gasteiger partial charge in [-0.3, -0.25) is 4.98 Å². The normalized spacial score (nSPS) is 10.2. The third-order valence-electron chi connectivity index (χ3n) is 2.24. The predicted molar refractivity (Wildman–Crippen MR) is 62.0 cm³/mol. The minimum atomic E-state index is -0.989. The van der Waals surface area contributed by atoms with E-state index in [2.05, 4.69) is 10.3 Å². The maximum atomic E-state index is 10.6. The highest BCUT2D eigenvalue weighted by Crippen LogP contribution is 2.12. The minimum absolute atomic E-state index is 0.157. The monoisotopic (exact) mass is 232 g/mol. The molecule has 2 aromatic heterocycles. The Bertz CT molecular complexity index is 534. The first-order valence-corrected chi connectivity index (χ1v) is 5.11. The molecular formula is C12H12N2O3. The summed E-state index contributed by atoms with van der Waals surface area (Å²) >= 11 is 0. The second-order valence-corrected chi connectivity index (χ2v) is 3.71. The highest BCUT2D eigenvalue weighted by molar-refractivity contribution is 5.87. The van der Waals surface area contributed by atoms with Gasteiger partial charge in [-0.25, -0.2) is 4.79 Å². The molecule has 0 unspecified atom stereocenters. The van der Waals surface area contributed by atoms with Gasteiger partial charge in [0.15, 0.2) is 0 Å². The molecule has 0 fully saturated rings. The van der Waals surface area contributed by atoms with E-state index in [-0.39, 0.29) is 5.56 Å². The molecule has 2 heterocycles. The Morgan fingerprint density at radius 1 is 1.47 bits per heavy atom. The molecule has 0 amide bonds. The molecule has 88 valence electrons. The number of carboxylic acids is 1. The van der Waals surface area contributed by atoms with Crippen LogP contribution in [0.25, 0.3) is 0 Å². The van der Waals surface area contributed by atoms with E-state index in [0.717, 1.165) is 11.3 Å². The predicted octanol–water partition coefficient (Wildman–Crippen LogP) is 2.29. The van der Waals surface area contributed by atoms with Crippen molar-refractivity contribution in [1.29, 1.82) is 0 Å². The van der Waals surface area contributed by atoms with Crippen LogP contribution >= 0.6 is 0 Å². The number of aryl methyl sites for hydroxylation is 1. The Morgan fingerprint density at radius 2 is 2.29 bits per heavy atom. The van der Waals surface area contributed by atoms with E-state index < -0.39 is 5.97 Å². The number of aromatic nitrogens is 1. The average Bonchev–Trinajstić information content (AvgIpc) is 2.75. The van der Waals surface area contributed by atoms with Gasteiger partial charge in [-0.2, -0.15) is 0 Å². The van der Waals surface area contributed by atoms with E-state index in [1.54, 1.807) is 12.4 Å². The van der Waals surface area contributed by atoms with Gasteiger partial charge in [0.2, 0.25) is 0 Å². The second-order valence-electron chi connectivity index (χ2n) is 3.71. The van der Waals surface area contributed by atoms with Gasteiger partial charge in [0.1, 0.15) is 12.0 Å². The maximum absolute atomic E-state index is 10.6. The van der Waals surface area contributed by atoms with Crippen LogP contribution in [0, 0.1) is 6.92 Å². The number of aromatic carboxylic acids is 1. The Kier molecular flexibility index (Phi) is 3.09. The molecule has 0 spiro atoms. The standard InChI is InChI=1S/C12H12N2O3/c1-8-2-10(5-13-4-8)14-6-11-3-9(7-17-11)12(15)16/h2-5,7,14H,6H2,1H3,(H,15,16).